The molecule has 2 saturated heterocycles. The molecule has 3 aromatic carbocycles. The molecule has 97 heavy (non-hydrogen) atoms. The molecular formula is C72H95N3O22. The van der Waals surface area contributed by atoms with E-state index in [9.17, 15) is 69.6 Å². The van der Waals surface area contributed by atoms with Crippen molar-refractivity contribution in [2.75, 3.05) is 21.3 Å². The van der Waals surface area contributed by atoms with Crippen LogP contribution in [0.4, 0.5) is 0 Å². The second-order valence-electron chi connectivity index (χ2n) is 30.0. The van der Waals surface area contributed by atoms with E-state index in [-0.39, 0.29) is 71.9 Å². The van der Waals surface area contributed by atoms with Gasteiger partial charge < -0.3 is 90.0 Å². The Morgan fingerprint density at radius 3 is 1.47 bits per heavy atom. The van der Waals surface area contributed by atoms with Crippen LogP contribution in [-0.4, -0.2) is 189 Å². The number of phenols is 3. The van der Waals surface area contributed by atoms with Crippen LogP contribution in [0.15, 0.2) is 84.4 Å². The molecule has 0 radical (unpaired) electrons. The molecule has 2 heterocycles. The Balaban J connectivity index is 0.920. The molecule has 2 aliphatic heterocycles. The van der Waals surface area contributed by atoms with Crippen molar-refractivity contribution in [2.45, 2.75) is 211 Å². The molecule has 11 N–H and O–H groups in total. The monoisotopic (exact) mass is 1350 g/mol. The van der Waals surface area contributed by atoms with E-state index in [1.54, 1.807) is 12.1 Å². The minimum absolute atomic E-state index is 0.00724. The van der Waals surface area contributed by atoms with Crippen LogP contribution in [-0.2, 0) is 86.0 Å². The van der Waals surface area contributed by atoms with Crippen molar-refractivity contribution in [3.8, 4) is 17.2 Å². The van der Waals surface area contributed by atoms with Crippen molar-refractivity contribution in [3.63, 3.8) is 0 Å². The third kappa shape index (κ3) is 13.8. The van der Waals surface area contributed by atoms with Crippen LogP contribution in [0.5, 0.6) is 17.2 Å². The average molecular weight is 1350 g/mol. The van der Waals surface area contributed by atoms with Gasteiger partial charge in [0.25, 0.3) is 11.8 Å². The summed E-state index contributed by atoms with van der Waals surface area (Å²) in [4.78, 5) is 98.5. The van der Waals surface area contributed by atoms with Crippen LogP contribution in [0.25, 0.3) is 0 Å². The molecule has 0 spiro atoms. The van der Waals surface area contributed by atoms with Gasteiger partial charge in [0, 0.05) is 30.6 Å². The first kappa shape index (κ1) is 72.7. The number of phenolic OH excluding ortho intramolecular Hbond substituents is 3. The number of ketones is 1. The van der Waals surface area contributed by atoms with E-state index in [2.05, 4.69) is 43.6 Å². The molecule has 25 nitrogen and oxygen atoms in total. The minimum atomic E-state index is -2.18. The first-order valence-electron chi connectivity index (χ1n) is 33.4. The summed E-state index contributed by atoms with van der Waals surface area (Å²) >= 11 is 0. The summed E-state index contributed by atoms with van der Waals surface area (Å²) < 4.78 is 40.7. The van der Waals surface area contributed by atoms with E-state index in [0.29, 0.717) is 49.7 Å². The maximum atomic E-state index is 15.7. The first-order valence-corrected chi connectivity index (χ1v) is 33.4. The van der Waals surface area contributed by atoms with Crippen molar-refractivity contribution in [2.24, 2.45) is 50.2 Å². The largest absolute Gasteiger partial charge is 0.508 e. The van der Waals surface area contributed by atoms with Crippen molar-refractivity contribution < 1.29 is 108 Å². The normalized spacial score (nSPS) is 36.8. The number of aliphatic hydroxyl groups is 5. The zero-order valence-electron chi connectivity index (χ0n) is 56.6. The predicted molar refractivity (Wildman–Crippen MR) is 344 cm³/mol. The Morgan fingerprint density at radius 1 is 0.536 bits per heavy atom. The molecule has 3 aromatic rings. The number of benzene rings is 3. The summed E-state index contributed by atoms with van der Waals surface area (Å²) in [6.07, 6.45) is -14.6. The van der Waals surface area contributed by atoms with Crippen LogP contribution >= 0.6 is 0 Å². The molecule has 25 heteroatoms. The lowest BCUT2D eigenvalue weighted by Crippen LogP contribution is -2.69. The summed E-state index contributed by atoms with van der Waals surface area (Å²) in [5.74, 6) is -5.86. The fraction of sp³-hybridized carbons (Fsp3) is 0.625. The van der Waals surface area contributed by atoms with Gasteiger partial charge in [-0.15, -0.1) is 0 Å². The predicted octanol–water partition coefficient (Wildman–Crippen LogP) is 3.81. The second-order valence-corrected chi connectivity index (χ2v) is 30.0. The van der Waals surface area contributed by atoms with Crippen molar-refractivity contribution in [3.05, 3.63) is 101 Å². The average Bonchev–Trinajstić information content (AvgIpc) is 0.673. The first-order chi connectivity index (χ1) is 45.6. The number of fused-ring (bicyclic) bond motifs is 7. The Labute approximate surface area is 563 Å². The highest BCUT2D eigenvalue weighted by Crippen LogP contribution is 2.75. The summed E-state index contributed by atoms with van der Waals surface area (Å²) in [6.45, 7) is 14.9. The van der Waals surface area contributed by atoms with E-state index < -0.39 is 148 Å². The molecule has 0 bridgehead atoms. The number of nitrogens with one attached hydrogen (secondary N) is 3. The number of rotatable bonds is 19. The summed E-state index contributed by atoms with van der Waals surface area (Å²) in [5, 5.41) is 96.2. The lowest BCUT2D eigenvalue weighted by atomic mass is 9.33. The van der Waals surface area contributed by atoms with Crippen molar-refractivity contribution in [1.82, 2.24) is 16.0 Å². The molecule has 0 unspecified atom stereocenters. The number of ether oxygens (including phenoxy) is 7. The topological polar surface area (TPSA) is 382 Å². The Hall–Kier alpha value is -7.07. The summed E-state index contributed by atoms with van der Waals surface area (Å²) in [5.41, 5.74) is -0.972. The fourth-order valence-corrected chi connectivity index (χ4v) is 17.9. The van der Waals surface area contributed by atoms with Gasteiger partial charge in [-0.25, -0.2) is 14.4 Å². The third-order valence-corrected chi connectivity index (χ3v) is 23.8. The van der Waals surface area contributed by atoms with E-state index in [4.69, 9.17) is 33.2 Å². The second kappa shape index (κ2) is 27.9. The van der Waals surface area contributed by atoms with Gasteiger partial charge in [0.1, 0.15) is 72.0 Å². The van der Waals surface area contributed by atoms with Gasteiger partial charge in [0.2, 0.25) is 5.91 Å². The van der Waals surface area contributed by atoms with Gasteiger partial charge in [-0.1, -0.05) is 90.4 Å². The van der Waals surface area contributed by atoms with Crippen LogP contribution in [0.3, 0.4) is 0 Å². The number of amides is 3. The van der Waals surface area contributed by atoms with Crippen LogP contribution in [0, 0.1) is 50.2 Å². The molecule has 22 atom stereocenters. The Morgan fingerprint density at radius 2 is 0.990 bits per heavy atom. The summed E-state index contributed by atoms with van der Waals surface area (Å²) in [6, 6.07) is 14.2. The molecule has 6 fully saturated rings. The number of hydrogen-bond donors (Lipinski definition) is 11. The number of carbonyl (C=O) groups excluding carboxylic acids is 7. The number of aromatic hydroxyl groups is 3. The van der Waals surface area contributed by atoms with Crippen molar-refractivity contribution in [1.29, 1.82) is 0 Å². The molecular weight excluding hydrogens is 1260 g/mol. The molecule has 5 aliphatic carbocycles. The molecule has 10 rings (SSSR count). The highest BCUT2D eigenvalue weighted by Gasteiger charge is 2.71. The minimum Gasteiger partial charge on any atom is -0.508 e. The maximum Gasteiger partial charge on any atom is 0.328 e. The number of esters is 3. The number of carbonyl (C=O) groups is 7. The van der Waals surface area contributed by atoms with E-state index in [1.807, 2.05) is 26.8 Å². The quantitative estimate of drug-likeness (QED) is 0.0462. The molecule has 3 amide bonds. The standard InChI is InChI=1S/C72H95N3O22/c1-67(2)48-23-26-72(7)58(47(79)34-42-43-35-69(4,28-27-68(43,3)29-30-71(42,72)6)66(90)75-46(63(89)93-10)33-38-15-21-41(78)22-16-38)70(48,5)25-24-49(67)94-65-57(53(83)52(82)56(96-65)60(86)74-45(62(88)92-9)32-37-13-19-40(77)20-14-37)97-64-54(84)50(80)51(81)55(95-64)59(85)73-44(61(87)91-8)31-36-11-17-39(76)18-12-36/h11-22,34,43-46,48-58,64-65,76-78,80-84H,23-33,35H2,1-10H3,(H,73,85)(H,74,86)(H,75,90)/t43-,44-,45-,46-,48-,49-,50-,51-,52-,53-,54+,55-,56-,57+,58+,64-,65+,68+,69-,70-,71+,72+/m0/s1. The molecule has 7 aliphatic rings. The van der Waals surface area contributed by atoms with E-state index >= 15 is 4.79 Å². The fourth-order valence-electron chi connectivity index (χ4n) is 17.9. The van der Waals surface area contributed by atoms with Gasteiger partial charge in [0.15, 0.2) is 30.6 Å². The van der Waals surface area contributed by atoms with Gasteiger partial charge in [-0.3, -0.25) is 19.2 Å². The van der Waals surface area contributed by atoms with E-state index in [0.717, 1.165) is 38.2 Å². The summed E-state index contributed by atoms with van der Waals surface area (Å²) in [7, 11) is 3.47. The maximum absolute atomic E-state index is 15.7. The van der Waals surface area contributed by atoms with Gasteiger partial charge in [0.05, 0.1) is 27.4 Å². The van der Waals surface area contributed by atoms with Crippen molar-refractivity contribution >= 4 is 41.4 Å². The van der Waals surface area contributed by atoms with Crippen LogP contribution in [0.1, 0.15) is 123 Å². The number of aliphatic hydroxyl groups excluding tert-OH is 5. The number of methoxy groups -OCH3 is 3. The third-order valence-electron chi connectivity index (χ3n) is 23.8. The Kier molecular flexibility index (Phi) is 20.9. The lowest BCUT2D eigenvalue weighted by Gasteiger charge is -2.70. The number of hydrogen-bond acceptors (Lipinski definition) is 22. The highest BCUT2D eigenvalue weighted by molar-refractivity contribution is 5.96. The SMILES string of the molecule is COC(=O)[C@H](Cc1ccc(O)cc1)NC(=O)[C@H]1O[C@@H](O[C@H]2[C@H](O[C@H]3CC[C@]4(C)[C@H]5C(=O)C=C6[C@@H]7C[C@@](C)(C(=O)N[C@@H](Cc8ccc(O)cc8)C(=O)OC)CC[C@]7(C)CC[C@@]6(C)[C@]5(C)CC[C@H]4C3(C)C)O[C@H](C(=O)N[C@@H](Cc3ccc(O)cc3)C(=O)OC)[C@@H](O)[C@@H]2O)[C@H](O)[C@@H](O)[C@@H]1O. The van der Waals surface area contributed by atoms with Gasteiger partial charge >= 0.3 is 17.9 Å². The van der Waals surface area contributed by atoms with Crippen LogP contribution < -0.4 is 16.0 Å². The zero-order valence-corrected chi connectivity index (χ0v) is 56.6. The smallest absolute Gasteiger partial charge is 0.328 e. The molecule has 530 valence electrons. The number of allylic oxidation sites excluding steroid dienone is 2. The highest BCUT2D eigenvalue weighted by atomic mass is 16.8. The van der Waals surface area contributed by atoms with Gasteiger partial charge in [-0.2, -0.15) is 0 Å². The zero-order chi connectivity index (χ0) is 70.6. The molecule has 0 aromatic heterocycles. The van der Waals surface area contributed by atoms with Gasteiger partial charge in [-0.05, 0) is 156 Å². The Bertz CT molecular complexity index is 3460. The van der Waals surface area contributed by atoms with Crippen LogP contribution in [0.2, 0.25) is 0 Å². The van der Waals surface area contributed by atoms with E-state index in [1.165, 1.54) is 67.8 Å². The molecule has 4 saturated carbocycles. The lowest BCUT2D eigenvalue weighted by molar-refractivity contribution is -0.369.